The minimum atomic E-state index is -1.12. The van der Waals surface area contributed by atoms with Crippen LogP contribution in [0.2, 0.25) is 5.02 Å². The van der Waals surface area contributed by atoms with Crippen LogP contribution >= 0.6 is 24.0 Å². The maximum absolute atomic E-state index is 12.4. The lowest BCUT2D eigenvalue weighted by atomic mass is 10.2. The first-order valence-corrected chi connectivity index (χ1v) is 3.17. The normalized spacial score (nSPS) is 8.83. The van der Waals surface area contributed by atoms with E-state index < -0.39 is 11.8 Å². The van der Waals surface area contributed by atoms with Crippen LogP contribution in [0.5, 0.6) is 0 Å². The molecule has 2 nitrogen and oxygen atoms in total. The Morgan fingerprint density at radius 2 is 2.08 bits per heavy atom. The molecule has 0 aliphatic carbocycles. The Morgan fingerprint density at radius 3 is 2.50 bits per heavy atom. The summed E-state index contributed by atoms with van der Waals surface area (Å²) in [5.41, 5.74) is -0.0172. The van der Waals surface area contributed by atoms with Gasteiger partial charge < -0.3 is 5.11 Å². The topological polar surface area (TPSA) is 37.3 Å². The lowest BCUT2D eigenvalue weighted by Gasteiger charge is -1.95. The molecule has 12 heavy (non-hydrogen) atoms. The highest BCUT2D eigenvalue weighted by Gasteiger charge is 2.05. The number of halogens is 3. The molecule has 0 aromatic heterocycles. The third-order valence-corrected chi connectivity index (χ3v) is 1.46. The summed E-state index contributed by atoms with van der Waals surface area (Å²) in [6, 6.07) is 3.24. The quantitative estimate of drug-likeness (QED) is 0.774. The minimum Gasteiger partial charge on any atom is -0.478 e. The molecule has 0 radical (unpaired) electrons. The van der Waals surface area contributed by atoms with E-state index in [1.807, 2.05) is 0 Å². The summed E-state index contributed by atoms with van der Waals surface area (Å²) in [4.78, 5) is 10.3. The maximum atomic E-state index is 12.4. The predicted molar refractivity (Wildman–Crippen MR) is 45.6 cm³/mol. The van der Waals surface area contributed by atoms with E-state index in [0.717, 1.165) is 18.2 Å². The second-order valence-corrected chi connectivity index (χ2v) is 2.34. The first kappa shape index (κ1) is 11.2. The van der Waals surface area contributed by atoms with E-state index in [1.54, 1.807) is 0 Å². The minimum absolute atomic E-state index is 0. The third kappa shape index (κ3) is 2.36. The number of carbonyl (C=O) groups is 1. The molecule has 1 N–H and O–H groups in total. The van der Waals surface area contributed by atoms with Gasteiger partial charge in [0, 0.05) is 0 Å². The average Bonchev–Trinajstić information content (AvgIpc) is 1.94. The highest BCUT2D eigenvalue weighted by molar-refractivity contribution is 6.31. The smallest absolute Gasteiger partial charge is 0.335 e. The average molecular weight is 211 g/mol. The second kappa shape index (κ2) is 4.28. The van der Waals surface area contributed by atoms with Crippen LogP contribution in [0.15, 0.2) is 18.2 Å². The fourth-order valence-corrected chi connectivity index (χ4v) is 0.810. The first-order chi connectivity index (χ1) is 5.11. The van der Waals surface area contributed by atoms with Crippen molar-refractivity contribution in [1.29, 1.82) is 0 Å². The van der Waals surface area contributed by atoms with Crippen LogP contribution in [0.4, 0.5) is 4.39 Å². The van der Waals surface area contributed by atoms with Gasteiger partial charge in [0.05, 0.1) is 10.6 Å². The molecular formula is C7H5Cl2FO2. The molecule has 0 spiro atoms. The Balaban J connectivity index is 0.00000121. The Bertz CT molecular complexity index is 301. The fraction of sp³-hybridized carbons (Fsp3) is 0. The summed E-state index contributed by atoms with van der Waals surface area (Å²) in [6.45, 7) is 0. The molecule has 1 rings (SSSR count). The molecule has 0 atom stereocenters. The zero-order valence-corrected chi connectivity index (χ0v) is 7.32. The van der Waals surface area contributed by atoms with Gasteiger partial charge in [0.1, 0.15) is 5.82 Å². The van der Waals surface area contributed by atoms with Crippen LogP contribution in [0.1, 0.15) is 10.4 Å². The largest absolute Gasteiger partial charge is 0.478 e. The number of carboxylic acid groups (broad SMARTS) is 1. The summed E-state index contributed by atoms with van der Waals surface area (Å²) in [7, 11) is 0. The molecule has 0 aliphatic heterocycles. The van der Waals surface area contributed by atoms with Crippen molar-refractivity contribution >= 4 is 30.0 Å². The predicted octanol–water partition coefficient (Wildman–Crippen LogP) is 2.60. The molecule has 0 aliphatic rings. The zero-order valence-electron chi connectivity index (χ0n) is 5.75. The first-order valence-electron chi connectivity index (χ1n) is 2.79. The summed E-state index contributed by atoms with van der Waals surface area (Å²) in [5, 5.41) is 8.24. The number of benzene rings is 1. The Labute approximate surface area is 79.4 Å². The van der Waals surface area contributed by atoms with Gasteiger partial charge in [-0.2, -0.15) is 0 Å². The standard InChI is InChI=1S/C7H4ClFO2.ClH/c8-5-3-4(7(10)11)1-2-6(5)9;/h1-3H,(H,10,11);1H. The van der Waals surface area contributed by atoms with Crippen LogP contribution in [0, 0.1) is 5.82 Å². The highest BCUT2D eigenvalue weighted by Crippen LogP contribution is 2.15. The maximum Gasteiger partial charge on any atom is 0.335 e. The molecule has 1 aromatic rings. The number of hydrogen-bond donors (Lipinski definition) is 1. The van der Waals surface area contributed by atoms with Crippen LogP contribution in [0.25, 0.3) is 0 Å². The number of hydrogen-bond acceptors (Lipinski definition) is 1. The molecule has 0 bridgehead atoms. The van der Waals surface area contributed by atoms with E-state index in [0.29, 0.717) is 0 Å². The molecule has 1 aromatic carbocycles. The van der Waals surface area contributed by atoms with Gasteiger partial charge in [-0.25, -0.2) is 9.18 Å². The molecule has 0 saturated heterocycles. The van der Waals surface area contributed by atoms with Crippen LogP contribution < -0.4 is 0 Å². The Kier molecular flexibility index (Phi) is 4.00. The van der Waals surface area contributed by atoms with Crippen molar-refractivity contribution in [2.45, 2.75) is 0 Å². The molecular weight excluding hydrogens is 206 g/mol. The molecule has 66 valence electrons. The molecule has 0 fully saturated rings. The lowest BCUT2D eigenvalue weighted by molar-refractivity contribution is 0.0697. The Hall–Kier alpha value is -0.800. The summed E-state index contributed by atoms with van der Waals surface area (Å²) in [6.07, 6.45) is 0. The Morgan fingerprint density at radius 1 is 1.50 bits per heavy atom. The van der Waals surface area contributed by atoms with E-state index in [1.165, 1.54) is 0 Å². The van der Waals surface area contributed by atoms with Crippen molar-refractivity contribution < 1.29 is 14.3 Å². The fourth-order valence-electron chi connectivity index (χ4n) is 0.629. The molecule has 0 heterocycles. The lowest BCUT2D eigenvalue weighted by Crippen LogP contribution is -1.95. The van der Waals surface area contributed by atoms with E-state index in [2.05, 4.69) is 0 Å². The van der Waals surface area contributed by atoms with Crippen molar-refractivity contribution in [3.05, 3.63) is 34.6 Å². The second-order valence-electron chi connectivity index (χ2n) is 1.93. The molecule has 5 heteroatoms. The van der Waals surface area contributed by atoms with Gasteiger partial charge >= 0.3 is 5.97 Å². The van der Waals surface area contributed by atoms with Gasteiger partial charge in [0.15, 0.2) is 0 Å². The van der Waals surface area contributed by atoms with Gasteiger partial charge in [-0.05, 0) is 18.2 Å². The molecule has 0 unspecified atom stereocenters. The number of rotatable bonds is 1. The van der Waals surface area contributed by atoms with Gasteiger partial charge in [-0.15, -0.1) is 12.4 Å². The van der Waals surface area contributed by atoms with Crippen molar-refractivity contribution in [3.8, 4) is 0 Å². The van der Waals surface area contributed by atoms with Crippen molar-refractivity contribution in [2.24, 2.45) is 0 Å². The van der Waals surface area contributed by atoms with Crippen LogP contribution in [0.3, 0.4) is 0 Å². The summed E-state index contributed by atoms with van der Waals surface area (Å²) < 4.78 is 12.4. The van der Waals surface area contributed by atoms with Gasteiger partial charge in [-0.1, -0.05) is 11.6 Å². The monoisotopic (exact) mass is 210 g/mol. The van der Waals surface area contributed by atoms with Crippen molar-refractivity contribution in [2.75, 3.05) is 0 Å². The van der Waals surface area contributed by atoms with Gasteiger partial charge in [0.25, 0.3) is 0 Å². The van der Waals surface area contributed by atoms with Crippen LogP contribution in [-0.2, 0) is 0 Å². The third-order valence-electron chi connectivity index (χ3n) is 1.17. The van der Waals surface area contributed by atoms with E-state index in [-0.39, 0.29) is 23.0 Å². The SMILES string of the molecule is Cl.O=C(O)c1ccc(F)c(Cl)c1. The summed E-state index contributed by atoms with van der Waals surface area (Å²) in [5.74, 6) is -1.73. The van der Waals surface area contributed by atoms with E-state index in [9.17, 15) is 9.18 Å². The highest BCUT2D eigenvalue weighted by atomic mass is 35.5. The molecule has 0 amide bonds. The molecule has 0 saturated carbocycles. The zero-order chi connectivity index (χ0) is 8.43. The number of carboxylic acids is 1. The van der Waals surface area contributed by atoms with Gasteiger partial charge in [0.2, 0.25) is 0 Å². The van der Waals surface area contributed by atoms with Gasteiger partial charge in [-0.3, -0.25) is 0 Å². The van der Waals surface area contributed by atoms with Crippen molar-refractivity contribution in [1.82, 2.24) is 0 Å². The van der Waals surface area contributed by atoms with E-state index >= 15 is 0 Å². The van der Waals surface area contributed by atoms with E-state index in [4.69, 9.17) is 16.7 Å². The van der Waals surface area contributed by atoms with Crippen molar-refractivity contribution in [3.63, 3.8) is 0 Å². The number of aromatic carboxylic acids is 1. The summed E-state index contributed by atoms with van der Waals surface area (Å²) >= 11 is 5.32. The van der Waals surface area contributed by atoms with Crippen LogP contribution in [-0.4, -0.2) is 11.1 Å².